The van der Waals surface area contributed by atoms with E-state index in [1.807, 2.05) is 11.9 Å². The van der Waals surface area contributed by atoms with Crippen LogP contribution in [-0.4, -0.2) is 85.4 Å². The zero-order valence-electron chi connectivity index (χ0n) is 26.1. The number of H-pyrrole nitrogens is 1. The smallest absolute Gasteiger partial charge is 0.384 e. The molecule has 0 radical (unpaired) electrons. The zero-order chi connectivity index (χ0) is 34.4. The standard InChI is InChI=1S/C33H33F7N6O2/c1-44(17-32(18-48-2)8-3-9-32)25-15-24(20-12-21(33(38,39)40)14-22(34)13-20)41-30-27(25)42-29(43-30)19-4-6-23(7-5-19)45-10-11-46(26(35)16-45)31(47)28(36)37/h4-7,12-15,26,28H,3,8-11,16-18H2,1-2H3,(H,41,42,43). The van der Waals surface area contributed by atoms with E-state index in [4.69, 9.17) is 4.74 Å². The molecule has 48 heavy (non-hydrogen) atoms. The number of pyridine rings is 1. The fraction of sp³-hybridized carbons (Fsp3) is 0.424. The summed E-state index contributed by atoms with van der Waals surface area (Å²) in [5.41, 5.74) is 1.40. The number of piperazine rings is 1. The van der Waals surface area contributed by atoms with Gasteiger partial charge in [-0.15, -0.1) is 0 Å². The number of fused-ring (bicyclic) bond motifs is 1. The Morgan fingerprint density at radius 3 is 2.42 bits per heavy atom. The van der Waals surface area contributed by atoms with Crippen molar-refractivity contribution >= 4 is 28.4 Å². The van der Waals surface area contributed by atoms with Crippen LogP contribution in [-0.2, 0) is 15.7 Å². The molecule has 256 valence electrons. The van der Waals surface area contributed by atoms with Crippen LogP contribution in [0.5, 0.6) is 0 Å². The van der Waals surface area contributed by atoms with Gasteiger partial charge in [0.25, 0.3) is 5.91 Å². The van der Waals surface area contributed by atoms with Crippen LogP contribution in [0.15, 0.2) is 48.5 Å². The number of nitrogens with zero attached hydrogens (tertiary/aromatic N) is 5. The lowest BCUT2D eigenvalue weighted by atomic mass is 9.69. The number of hydrogen-bond acceptors (Lipinski definition) is 6. The minimum atomic E-state index is -4.76. The first-order valence-corrected chi connectivity index (χ1v) is 15.3. The second-order valence-electron chi connectivity index (χ2n) is 12.4. The number of carbonyl (C=O) groups excluding carboxylic acids is 1. The molecule has 1 unspecified atom stereocenters. The van der Waals surface area contributed by atoms with E-state index in [1.165, 1.54) is 0 Å². The van der Waals surface area contributed by atoms with Crippen molar-refractivity contribution in [3.63, 3.8) is 0 Å². The van der Waals surface area contributed by atoms with Crippen molar-refractivity contribution in [3.05, 3.63) is 59.9 Å². The van der Waals surface area contributed by atoms with E-state index in [0.29, 0.717) is 52.4 Å². The molecule has 2 aromatic carbocycles. The average molecular weight is 679 g/mol. The molecule has 1 saturated heterocycles. The molecule has 1 atom stereocenters. The maximum absolute atomic E-state index is 14.6. The Balaban J connectivity index is 1.34. The minimum absolute atomic E-state index is 0.0514. The molecule has 1 saturated carbocycles. The second-order valence-corrected chi connectivity index (χ2v) is 12.4. The molecule has 8 nitrogen and oxygen atoms in total. The maximum atomic E-state index is 14.6. The van der Waals surface area contributed by atoms with Gasteiger partial charge >= 0.3 is 12.6 Å². The predicted octanol–water partition coefficient (Wildman–Crippen LogP) is 6.91. The predicted molar refractivity (Wildman–Crippen MR) is 166 cm³/mol. The average Bonchev–Trinajstić information content (AvgIpc) is 3.46. The van der Waals surface area contributed by atoms with E-state index in [9.17, 15) is 35.5 Å². The first kappa shape index (κ1) is 33.5. The van der Waals surface area contributed by atoms with Gasteiger partial charge in [0.1, 0.15) is 17.2 Å². The van der Waals surface area contributed by atoms with Crippen LogP contribution in [0.1, 0.15) is 24.8 Å². The molecule has 6 rings (SSSR count). The number of methoxy groups -OCH3 is 1. The SMILES string of the molecule is COCC1(CN(C)c2cc(-c3cc(F)cc(C(F)(F)F)c3)nc3nc(-c4ccc(N5CCN(C(=O)C(F)F)C(F)C5)cc4)[nH]c23)CCC1. The highest BCUT2D eigenvalue weighted by Crippen LogP contribution is 2.43. The number of aromatic amines is 1. The molecule has 1 amide bonds. The summed E-state index contributed by atoms with van der Waals surface area (Å²) in [6, 6.07) is 10.8. The van der Waals surface area contributed by atoms with Crippen LogP contribution in [0, 0.1) is 11.2 Å². The summed E-state index contributed by atoms with van der Waals surface area (Å²) in [6.45, 7) is 0.822. The summed E-state index contributed by atoms with van der Waals surface area (Å²) in [6.07, 6.45) is -6.97. The first-order valence-electron chi connectivity index (χ1n) is 15.3. The highest BCUT2D eigenvalue weighted by Gasteiger charge is 2.39. The summed E-state index contributed by atoms with van der Waals surface area (Å²) in [5.74, 6) is -2.19. The number of alkyl halides is 6. The Bertz CT molecular complexity index is 1790. The fourth-order valence-corrected chi connectivity index (χ4v) is 6.56. The molecule has 0 spiro atoms. The third kappa shape index (κ3) is 6.64. The molecular weight excluding hydrogens is 645 g/mol. The molecule has 4 aromatic rings. The van der Waals surface area contributed by atoms with E-state index in [-0.39, 0.29) is 42.0 Å². The summed E-state index contributed by atoms with van der Waals surface area (Å²) >= 11 is 0. The molecule has 1 aliphatic carbocycles. The molecule has 2 fully saturated rings. The van der Waals surface area contributed by atoms with Crippen molar-refractivity contribution in [3.8, 4) is 22.6 Å². The van der Waals surface area contributed by atoms with E-state index in [0.717, 1.165) is 31.4 Å². The molecule has 1 N–H and O–H groups in total. The third-order valence-corrected chi connectivity index (χ3v) is 9.11. The van der Waals surface area contributed by atoms with Gasteiger partial charge < -0.3 is 24.4 Å². The highest BCUT2D eigenvalue weighted by atomic mass is 19.4. The van der Waals surface area contributed by atoms with Crippen LogP contribution < -0.4 is 9.80 Å². The van der Waals surface area contributed by atoms with Gasteiger partial charge in [0.05, 0.1) is 30.1 Å². The summed E-state index contributed by atoms with van der Waals surface area (Å²) in [5, 5.41) is 0. The lowest BCUT2D eigenvalue weighted by Gasteiger charge is -2.44. The number of nitrogens with one attached hydrogen (secondary N) is 1. The lowest BCUT2D eigenvalue weighted by Crippen LogP contribution is -2.55. The molecule has 15 heteroatoms. The zero-order valence-corrected chi connectivity index (χ0v) is 26.1. The van der Waals surface area contributed by atoms with Crippen molar-refractivity contribution in [2.75, 3.05) is 56.7 Å². The van der Waals surface area contributed by atoms with Gasteiger partial charge in [0.15, 0.2) is 11.9 Å². The number of hydrogen-bond donors (Lipinski definition) is 1. The largest absolute Gasteiger partial charge is 0.416 e. The molecule has 3 heterocycles. The van der Waals surface area contributed by atoms with Crippen LogP contribution >= 0.6 is 0 Å². The molecule has 0 bridgehead atoms. The van der Waals surface area contributed by atoms with Gasteiger partial charge in [-0.25, -0.2) is 18.7 Å². The summed E-state index contributed by atoms with van der Waals surface area (Å²) in [4.78, 5) is 28.2. The maximum Gasteiger partial charge on any atom is 0.416 e. The Kier molecular flexibility index (Phi) is 9.00. The van der Waals surface area contributed by atoms with Gasteiger partial charge in [-0.2, -0.15) is 22.0 Å². The Morgan fingerprint density at radius 2 is 1.81 bits per heavy atom. The van der Waals surface area contributed by atoms with Gasteiger partial charge in [0.2, 0.25) is 0 Å². The second kappa shape index (κ2) is 12.9. The van der Waals surface area contributed by atoms with Crippen LogP contribution in [0.2, 0.25) is 0 Å². The Morgan fingerprint density at radius 1 is 1.08 bits per heavy atom. The molecule has 1 aliphatic heterocycles. The van der Waals surface area contributed by atoms with E-state index >= 15 is 0 Å². The minimum Gasteiger partial charge on any atom is -0.384 e. The lowest BCUT2D eigenvalue weighted by molar-refractivity contribution is -0.149. The topological polar surface area (TPSA) is 77.6 Å². The normalized spacial score (nSPS) is 18.0. The monoisotopic (exact) mass is 678 g/mol. The molecule has 2 aliphatic rings. The summed E-state index contributed by atoms with van der Waals surface area (Å²) in [7, 11) is 3.50. The summed E-state index contributed by atoms with van der Waals surface area (Å²) < 4.78 is 101. The van der Waals surface area contributed by atoms with Crippen molar-refractivity contribution < 1.29 is 40.3 Å². The van der Waals surface area contributed by atoms with Crippen molar-refractivity contribution in [1.29, 1.82) is 0 Å². The number of halogens is 7. The Hall–Kier alpha value is -4.40. The molecular formula is C33H33F7N6O2. The number of aromatic nitrogens is 3. The number of ether oxygens (including phenoxy) is 1. The number of carbonyl (C=O) groups is 1. The number of benzene rings is 2. The Labute approximate surface area is 271 Å². The van der Waals surface area contributed by atoms with Gasteiger partial charge in [-0.3, -0.25) is 4.79 Å². The van der Waals surface area contributed by atoms with Gasteiger partial charge in [-0.1, -0.05) is 6.42 Å². The number of rotatable bonds is 9. The van der Waals surface area contributed by atoms with E-state index in [1.54, 1.807) is 42.3 Å². The quantitative estimate of drug-likeness (QED) is 0.153. The van der Waals surface area contributed by atoms with E-state index in [2.05, 4.69) is 15.0 Å². The highest BCUT2D eigenvalue weighted by molar-refractivity contribution is 5.91. The number of amides is 1. The number of anilines is 2. The van der Waals surface area contributed by atoms with Crippen molar-refractivity contribution in [2.24, 2.45) is 5.41 Å². The van der Waals surface area contributed by atoms with Gasteiger partial charge in [0, 0.05) is 56.0 Å². The van der Waals surface area contributed by atoms with Crippen molar-refractivity contribution in [1.82, 2.24) is 19.9 Å². The van der Waals surface area contributed by atoms with Crippen LogP contribution in [0.25, 0.3) is 33.8 Å². The number of imidazole rings is 1. The first-order chi connectivity index (χ1) is 22.8. The fourth-order valence-electron chi connectivity index (χ4n) is 6.56. The van der Waals surface area contributed by atoms with E-state index < -0.39 is 36.2 Å². The van der Waals surface area contributed by atoms with Crippen LogP contribution in [0.4, 0.5) is 42.1 Å². The van der Waals surface area contributed by atoms with Gasteiger partial charge in [-0.05, 0) is 61.4 Å². The van der Waals surface area contributed by atoms with Crippen molar-refractivity contribution in [2.45, 2.75) is 38.2 Å². The third-order valence-electron chi connectivity index (χ3n) is 9.11. The molecule has 2 aromatic heterocycles. The van der Waals surface area contributed by atoms with Crippen LogP contribution in [0.3, 0.4) is 0 Å².